The lowest BCUT2D eigenvalue weighted by Crippen LogP contribution is -2.30. The molecule has 3 aromatic rings. The molecule has 206 valence electrons. The molecule has 1 aromatic heterocycles. The first kappa shape index (κ1) is 29.7. The van der Waals surface area contributed by atoms with E-state index in [-0.39, 0.29) is 15.7 Å². The molecule has 0 aliphatic carbocycles. The van der Waals surface area contributed by atoms with E-state index >= 15 is 0 Å². The summed E-state index contributed by atoms with van der Waals surface area (Å²) in [5.41, 5.74) is 1.36. The summed E-state index contributed by atoms with van der Waals surface area (Å²) in [6, 6.07) is 9.55. The molecule has 3 rings (SSSR count). The van der Waals surface area contributed by atoms with Crippen LogP contribution in [-0.4, -0.2) is 54.9 Å². The second-order valence-corrected chi connectivity index (χ2v) is 10.7. The maximum absolute atomic E-state index is 13.2. The van der Waals surface area contributed by atoms with Gasteiger partial charge < -0.3 is 4.90 Å². The van der Waals surface area contributed by atoms with Gasteiger partial charge in [-0.25, -0.2) is 13.1 Å². The maximum Gasteiger partial charge on any atom is 0.416 e. The van der Waals surface area contributed by atoms with E-state index in [9.17, 15) is 21.6 Å². The van der Waals surface area contributed by atoms with Gasteiger partial charge >= 0.3 is 6.18 Å². The third-order valence-electron chi connectivity index (χ3n) is 6.19. The van der Waals surface area contributed by atoms with E-state index in [1.165, 1.54) is 33.4 Å². The summed E-state index contributed by atoms with van der Waals surface area (Å²) in [6.07, 6.45) is -3.04. The minimum atomic E-state index is -4.51. The normalized spacial score (nSPS) is 12.6. The smallest absolute Gasteiger partial charge is 0.370 e. The fourth-order valence-corrected chi connectivity index (χ4v) is 5.89. The second kappa shape index (κ2) is 11.9. The predicted octanol–water partition coefficient (Wildman–Crippen LogP) is 6.48. The van der Waals surface area contributed by atoms with Gasteiger partial charge in [-0.15, -0.1) is 0 Å². The van der Waals surface area contributed by atoms with Gasteiger partial charge in [-0.3, -0.25) is 4.99 Å². The average molecular weight is 570 g/mol. The Hall–Kier alpha value is -2.89. The highest BCUT2D eigenvalue weighted by molar-refractivity contribution is 7.89. The molecule has 1 heterocycles. The molecule has 0 aliphatic rings. The molecule has 0 N–H and O–H groups in total. The molecule has 0 amide bonds. The van der Waals surface area contributed by atoms with Crippen LogP contribution in [0.5, 0.6) is 0 Å². The van der Waals surface area contributed by atoms with Crippen LogP contribution in [0.3, 0.4) is 0 Å². The summed E-state index contributed by atoms with van der Waals surface area (Å²) < 4.78 is 68.5. The third kappa shape index (κ3) is 6.05. The monoisotopic (exact) mass is 569 g/mol. The Morgan fingerprint density at radius 2 is 1.68 bits per heavy atom. The Bertz CT molecular complexity index is 1410. The van der Waals surface area contributed by atoms with E-state index in [1.54, 1.807) is 32.9 Å². The van der Waals surface area contributed by atoms with E-state index in [0.29, 0.717) is 43.1 Å². The van der Waals surface area contributed by atoms with E-state index in [1.807, 2.05) is 18.7 Å². The lowest BCUT2D eigenvalue weighted by Gasteiger charge is -2.24. The number of aryl methyl sites for hydroxylation is 1. The number of benzene rings is 2. The zero-order valence-corrected chi connectivity index (χ0v) is 23.5. The van der Waals surface area contributed by atoms with Crippen LogP contribution in [0.2, 0.25) is 5.15 Å². The Morgan fingerprint density at radius 1 is 1.03 bits per heavy atom. The minimum absolute atomic E-state index is 0.0851. The molecule has 0 saturated carbocycles. The first-order valence-electron chi connectivity index (χ1n) is 12.2. The molecular formula is C26H31ClF3N5O2S. The molecule has 0 fully saturated rings. The number of alkyl halides is 3. The van der Waals surface area contributed by atoms with Gasteiger partial charge in [-0.05, 0) is 57.2 Å². The van der Waals surface area contributed by atoms with Gasteiger partial charge in [0.05, 0.1) is 38.8 Å². The van der Waals surface area contributed by atoms with Crippen LogP contribution in [-0.2, 0) is 16.2 Å². The lowest BCUT2D eigenvalue weighted by molar-refractivity contribution is -0.137. The van der Waals surface area contributed by atoms with Crippen molar-refractivity contribution in [2.45, 2.75) is 45.7 Å². The summed E-state index contributed by atoms with van der Waals surface area (Å²) in [5, 5.41) is 4.41. The maximum atomic E-state index is 13.2. The van der Waals surface area contributed by atoms with Crippen LogP contribution in [0.15, 0.2) is 52.4 Å². The molecule has 0 spiro atoms. The fraction of sp³-hybridized carbons (Fsp3) is 0.385. The third-order valence-corrected chi connectivity index (χ3v) is 8.60. The standard InChI is InChI=1S/C26H31ClF3N5O2S/c1-6-33(7-2)24-14-13-21(38(36,37)34(8-3)9-4)16-23(24)31-17-22-18(5)32-35(25(22)27)20-12-10-11-19(15-20)26(28,29)30/h10-17H,6-9H2,1-5H3. The molecule has 0 saturated heterocycles. The Morgan fingerprint density at radius 3 is 2.26 bits per heavy atom. The molecular weight excluding hydrogens is 539 g/mol. The van der Waals surface area contributed by atoms with Gasteiger partial charge in [0, 0.05) is 32.4 Å². The number of sulfonamides is 1. The van der Waals surface area contributed by atoms with E-state index in [0.717, 1.165) is 17.8 Å². The summed E-state index contributed by atoms with van der Waals surface area (Å²) in [7, 11) is -3.72. The number of rotatable bonds is 10. The highest BCUT2D eigenvalue weighted by atomic mass is 35.5. The topological polar surface area (TPSA) is 70.8 Å². The van der Waals surface area contributed by atoms with Crippen molar-refractivity contribution in [3.8, 4) is 5.69 Å². The number of nitrogens with zero attached hydrogens (tertiary/aromatic N) is 5. The molecule has 12 heteroatoms. The van der Waals surface area contributed by atoms with Gasteiger partial charge in [0.2, 0.25) is 10.0 Å². The van der Waals surface area contributed by atoms with Crippen molar-refractivity contribution in [1.29, 1.82) is 0 Å². The van der Waals surface area contributed by atoms with Gasteiger partial charge in [0.1, 0.15) is 5.15 Å². The van der Waals surface area contributed by atoms with Crippen LogP contribution >= 0.6 is 11.6 Å². The molecule has 7 nitrogen and oxygen atoms in total. The lowest BCUT2D eigenvalue weighted by atomic mass is 10.2. The van der Waals surface area contributed by atoms with Crippen LogP contribution in [0.4, 0.5) is 24.5 Å². The van der Waals surface area contributed by atoms with Gasteiger partial charge in [-0.1, -0.05) is 31.5 Å². The summed E-state index contributed by atoms with van der Waals surface area (Å²) in [4.78, 5) is 6.76. The molecule has 38 heavy (non-hydrogen) atoms. The summed E-state index contributed by atoms with van der Waals surface area (Å²) >= 11 is 6.55. The quantitative estimate of drug-likeness (QED) is 0.262. The van der Waals surface area contributed by atoms with Crippen molar-refractivity contribution in [2.24, 2.45) is 4.99 Å². The van der Waals surface area contributed by atoms with E-state index in [4.69, 9.17) is 11.6 Å². The zero-order chi connectivity index (χ0) is 28.3. The van der Waals surface area contributed by atoms with Crippen molar-refractivity contribution in [3.63, 3.8) is 0 Å². The largest absolute Gasteiger partial charge is 0.416 e. The number of halogens is 4. The number of anilines is 1. The van der Waals surface area contributed by atoms with Crippen LogP contribution in [0.25, 0.3) is 5.69 Å². The van der Waals surface area contributed by atoms with E-state index < -0.39 is 21.8 Å². The van der Waals surface area contributed by atoms with Crippen molar-refractivity contribution in [3.05, 3.63) is 64.4 Å². The SMILES string of the molecule is CCN(CC)c1ccc(S(=O)(=O)N(CC)CC)cc1N=Cc1c(C)nn(-c2cccc(C(F)(F)F)c2)c1Cl. The zero-order valence-electron chi connectivity index (χ0n) is 21.9. The Balaban J connectivity index is 2.11. The molecule has 0 aliphatic heterocycles. The van der Waals surface area contributed by atoms with Crippen molar-refractivity contribution in [1.82, 2.24) is 14.1 Å². The average Bonchev–Trinajstić information content (AvgIpc) is 3.17. The van der Waals surface area contributed by atoms with Crippen molar-refractivity contribution < 1.29 is 21.6 Å². The Labute approximate surface area is 226 Å². The molecule has 0 radical (unpaired) electrons. The highest BCUT2D eigenvalue weighted by Crippen LogP contribution is 2.34. The van der Waals surface area contributed by atoms with Crippen LogP contribution < -0.4 is 4.90 Å². The predicted molar refractivity (Wildman–Crippen MR) is 146 cm³/mol. The molecule has 0 bridgehead atoms. The van der Waals surface area contributed by atoms with Crippen LogP contribution in [0, 0.1) is 6.92 Å². The van der Waals surface area contributed by atoms with Gasteiger partial charge in [0.15, 0.2) is 0 Å². The van der Waals surface area contributed by atoms with Gasteiger partial charge in [-0.2, -0.15) is 22.6 Å². The number of aliphatic imine (C=N–C) groups is 1. The second-order valence-electron chi connectivity index (χ2n) is 8.42. The number of hydrogen-bond acceptors (Lipinski definition) is 5. The minimum Gasteiger partial charge on any atom is -0.370 e. The number of aromatic nitrogens is 2. The highest BCUT2D eigenvalue weighted by Gasteiger charge is 2.31. The Kier molecular flexibility index (Phi) is 9.27. The van der Waals surface area contributed by atoms with Crippen molar-refractivity contribution >= 4 is 39.2 Å². The summed E-state index contributed by atoms with van der Waals surface area (Å²) in [6.45, 7) is 11.2. The molecule has 2 aromatic carbocycles. The van der Waals surface area contributed by atoms with E-state index in [2.05, 4.69) is 10.1 Å². The number of hydrogen-bond donors (Lipinski definition) is 0. The van der Waals surface area contributed by atoms with Crippen molar-refractivity contribution in [2.75, 3.05) is 31.1 Å². The first-order chi connectivity index (χ1) is 17.9. The first-order valence-corrected chi connectivity index (χ1v) is 14.1. The molecule has 0 atom stereocenters. The van der Waals surface area contributed by atoms with Gasteiger partial charge in [0.25, 0.3) is 0 Å². The fourth-order valence-electron chi connectivity index (χ4n) is 4.09. The summed E-state index contributed by atoms with van der Waals surface area (Å²) in [5.74, 6) is 0. The van der Waals surface area contributed by atoms with Crippen LogP contribution in [0.1, 0.15) is 44.5 Å². The molecule has 0 unspecified atom stereocenters.